The number of aryl methyl sites for hydroxylation is 1. The van der Waals surface area contributed by atoms with Crippen molar-refractivity contribution in [3.8, 4) is 34.2 Å². The van der Waals surface area contributed by atoms with Gasteiger partial charge in [-0.3, -0.25) is 29.3 Å². The largest absolute Gasteiger partial charge is 2.00 e. The van der Waals surface area contributed by atoms with Gasteiger partial charge in [-0.05, 0) is 114 Å². The summed E-state index contributed by atoms with van der Waals surface area (Å²) >= 11 is 3.70. The Labute approximate surface area is 368 Å². The number of carbonyl (C=O) groups excluding carboxylic acids is 3. The predicted octanol–water partition coefficient (Wildman–Crippen LogP) is 9.56. The molecule has 1 unspecified atom stereocenters. The maximum absolute atomic E-state index is 12.6. The van der Waals surface area contributed by atoms with Crippen LogP contribution in [0, 0.1) is 5.92 Å². The fourth-order valence-electron chi connectivity index (χ4n) is 5.49. The van der Waals surface area contributed by atoms with Crippen molar-refractivity contribution in [3.63, 3.8) is 0 Å². The zero-order valence-corrected chi connectivity index (χ0v) is 35.5. The Morgan fingerprint density at radius 2 is 1.23 bits per heavy atom. The minimum atomic E-state index is -4.48. The molecule has 18 heteroatoms. The van der Waals surface area contributed by atoms with E-state index in [1.807, 2.05) is 12.1 Å². The van der Waals surface area contributed by atoms with Crippen LogP contribution >= 0.6 is 12.2 Å². The van der Waals surface area contributed by atoms with Gasteiger partial charge >= 0.3 is 25.7 Å². The number of halogens is 3. The Morgan fingerprint density at radius 3 is 1.70 bits per heavy atom. The Hall–Kier alpha value is -6.35. The number of carbonyl (C=O) groups is 3. The van der Waals surface area contributed by atoms with E-state index in [0.29, 0.717) is 59.4 Å². The second kappa shape index (κ2) is 28.2. The van der Waals surface area contributed by atoms with E-state index >= 15 is 0 Å². The molecule has 0 N–H and O–H groups in total. The van der Waals surface area contributed by atoms with Crippen molar-refractivity contribution in [3.05, 3.63) is 125 Å². The molecule has 5 aromatic rings. The summed E-state index contributed by atoms with van der Waals surface area (Å²) in [4.78, 5) is 48.7. The third kappa shape index (κ3) is 18.2. The van der Waals surface area contributed by atoms with Crippen molar-refractivity contribution in [2.45, 2.75) is 58.5 Å². The van der Waals surface area contributed by atoms with Crippen LogP contribution in [0.3, 0.4) is 0 Å². The Balaban J connectivity index is 0.000000405. The van der Waals surface area contributed by atoms with Crippen LogP contribution in [0.5, 0.6) is 0 Å². The van der Waals surface area contributed by atoms with Gasteiger partial charge in [0.15, 0.2) is 0 Å². The van der Waals surface area contributed by atoms with E-state index in [1.165, 1.54) is 43.2 Å². The zero-order valence-electron chi connectivity index (χ0n) is 32.9. The first-order chi connectivity index (χ1) is 29.1. The van der Waals surface area contributed by atoms with Crippen molar-refractivity contribution < 1.29 is 61.2 Å². The Bertz CT molecular complexity index is 2180. The van der Waals surface area contributed by atoms with E-state index in [1.54, 1.807) is 73.2 Å². The van der Waals surface area contributed by atoms with Crippen molar-refractivity contribution in [2.24, 2.45) is 5.92 Å². The van der Waals surface area contributed by atoms with E-state index in [2.05, 4.69) is 70.4 Å². The number of ether oxygens (including phenoxy) is 3. The molecule has 13 nitrogen and oxygen atoms in total. The summed E-state index contributed by atoms with van der Waals surface area (Å²) in [5, 5.41) is 15.3. The van der Waals surface area contributed by atoms with Crippen molar-refractivity contribution >= 4 is 55.0 Å². The molecule has 1 atom stereocenters. The summed E-state index contributed by atoms with van der Waals surface area (Å²) in [5.74, 6) is 0.692. The topological polar surface area (TPSA) is 180 Å². The molecule has 0 amide bonds. The summed E-state index contributed by atoms with van der Waals surface area (Å²) in [6, 6.07) is 15.3. The fourth-order valence-corrected chi connectivity index (χ4v) is 5.49. The third-order valence-electron chi connectivity index (χ3n) is 8.43. The number of unbranched alkanes of at least 4 members (excludes halogenated alkanes) is 1. The standard InChI is InChI=1S/C24H17N3O6.C18H23F3N3.CNS.Ru/c28-15-31-8-3-18-1-6-25-21(11-18)23-13-20(5-10-33-17-30)14-24(27-23)22-12-19(2-7-26-22)4-9-32-16-29;1-3-5-6-13(4-2)7-8-14-9-10-22-15(11-14)16-12-17(24-23-16)18(19,20)21;2-1-3;/h1-17H;9-13H,3-8H2,1-2H3;;/q;2*-1;+2/b8-3+,9-4+,10-5+;;;. The molecule has 0 aliphatic carbocycles. The number of pyridine rings is 4. The molecule has 5 heterocycles. The molecule has 0 radical (unpaired) electrons. The van der Waals surface area contributed by atoms with E-state index in [9.17, 15) is 27.6 Å². The normalized spacial score (nSPS) is 11.3. The maximum atomic E-state index is 12.6. The van der Waals surface area contributed by atoms with Gasteiger partial charge in [-0.25, -0.2) is 4.98 Å². The van der Waals surface area contributed by atoms with E-state index in [0.717, 1.165) is 42.0 Å². The summed E-state index contributed by atoms with van der Waals surface area (Å²) < 4.78 is 51.7. The number of aromatic nitrogens is 6. The second-order valence-electron chi connectivity index (χ2n) is 12.4. The van der Waals surface area contributed by atoms with Gasteiger partial charge in [-0.1, -0.05) is 57.4 Å². The number of hydrogen-bond acceptors (Lipinski definition) is 12. The van der Waals surface area contributed by atoms with Crippen LogP contribution in [0.25, 0.3) is 57.8 Å². The molecule has 0 saturated heterocycles. The Morgan fingerprint density at radius 1 is 0.738 bits per heavy atom. The first-order valence-electron chi connectivity index (χ1n) is 18.3. The van der Waals surface area contributed by atoms with Crippen LogP contribution in [-0.2, 0) is 60.7 Å². The van der Waals surface area contributed by atoms with Gasteiger partial charge in [0, 0.05) is 24.3 Å². The third-order valence-corrected chi connectivity index (χ3v) is 8.43. The second-order valence-corrected chi connectivity index (χ2v) is 12.6. The average molecular weight is 941 g/mol. The summed E-state index contributed by atoms with van der Waals surface area (Å²) in [6.07, 6.45) is 15.8. The van der Waals surface area contributed by atoms with Crippen LogP contribution < -0.4 is 5.10 Å². The first kappa shape index (κ1) is 50.8. The molecule has 318 valence electrons. The molecule has 0 aromatic carbocycles. The van der Waals surface area contributed by atoms with Gasteiger partial charge < -0.3 is 29.8 Å². The van der Waals surface area contributed by atoms with E-state index < -0.39 is 11.9 Å². The minimum Gasteiger partial charge on any atom is -0.753 e. The van der Waals surface area contributed by atoms with Gasteiger partial charge in [-0.15, -0.1) is 0 Å². The summed E-state index contributed by atoms with van der Waals surface area (Å²) in [6.45, 7) is 5.36. The Kier molecular flexibility index (Phi) is 23.5. The number of nitrogens with zero attached hydrogens (tertiary/aromatic N) is 7. The number of isothiocyanates is 1. The van der Waals surface area contributed by atoms with Gasteiger partial charge in [0.2, 0.25) is 0 Å². The van der Waals surface area contributed by atoms with Crippen LogP contribution in [0.2, 0.25) is 0 Å². The van der Waals surface area contributed by atoms with Gasteiger partial charge in [-0.2, -0.15) is 18.3 Å². The smallest absolute Gasteiger partial charge is 0.753 e. The van der Waals surface area contributed by atoms with Crippen molar-refractivity contribution in [1.82, 2.24) is 30.1 Å². The van der Waals surface area contributed by atoms with Gasteiger partial charge in [0.05, 0.1) is 41.6 Å². The number of thiocarbonyl (C=S) groups is 1. The summed E-state index contributed by atoms with van der Waals surface area (Å²) in [5.41, 5.74) is 5.09. The first-order valence-corrected chi connectivity index (χ1v) is 18.8. The molecule has 0 aliphatic rings. The van der Waals surface area contributed by atoms with Crippen molar-refractivity contribution in [1.29, 1.82) is 0 Å². The molecule has 0 saturated carbocycles. The molecule has 0 spiro atoms. The van der Waals surface area contributed by atoms with Gasteiger partial charge in [0.25, 0.3) is 19.4 Å². The zero-order chi connectivity index (χ0) is 43.6. The molecule has 5 aromatic heterocycles. The fraction of sp³-hybridized carbons (Fsp3) is 0.233. The monoisotopic (exact) mass is 941 g/mol. The molecule has 0 fully saturated rings. The van der Waals surface area contributed by atoms with E-state index in [4.69, 9.17) is 5.41 Å². The van der Waals surface area contributed by atoms with Crippen LogP contribution in [-0.4, -0.2) is 49.6 Å². The molecular formula is C43H40F3N7O6RuS. The van der Waals surface area contributed by atoms with E-state index in [-0.39, 0.29) is 25.2 Å². The number of hydrogen-bond donors (Lipinski definition) is 0. The van der Waals surface area contributed by atoms with Crippen LogP contribution in [0.1, 0.15) is 73.9 Å². The molecule has 0 aliphatic heterocycles. The predicted molar refractivity (Wildman–Crippen MR) is 223 cm³/mol. The molecule has 61 heavy (non-hydrogen) atoms. The van der Waals surface area contributed by atoms with Crippen molar-refractivity contribution in [2.75, 3.05) is 0 Å². The SMILES string of the molecule is CCCCC(CC)CCc1ccnc(-c2cc(C(F)(F)F)n[n-]2)c1.O=CO/C=C/c1ccnc(-c2cc(/C=C/OC=O)cc(-c3cc(/C=C/OC=O)ccn3)n2)c1.[N-]=C=S.[Ru+2]. The van der Waals surface area contributed by atoms with Crippen LogP contribution in [0.15, 0.2) is 92.0 Å². The molecular weight excluding hydrogens is 901 g/mol. The quantitative estimate of drug-likeness (QED) is 0.0191. The number of alkyl halides is 3. The summed E-state index contributed by atoms with van der Waals surface area (Å²) in [7, 11) is 0. The average Bonchev–Trinajstić information content (AvgIpc) is 3.77. The number of rotatable bonds is 19. The maximum Gasteiger partial charge on any atom is 2.00 e. The minimum absolute atomic E-state index is 0. The van der Waals surface area contributed by atoms with Gasteiger partial charge in [0.1, 0.15) is 5.69 Å². The molecule has 5 rings (SSSR count). The van der Waals surface area contributed by atoms with Crippen LogP contribution in [0.4, 0.5) is 13.2 Å². The molecule has 0 bridgehead atoms.